The van der Waals surface area contributed by atoms with E-state index in [2.05, 4.69) is 26.9 Å². The summed E-state index contributed by atoms with van der Waals surface area (Å²) in [4.78, 5) is 13.4. The fourth-order valence-corrected chi connectivity index (χ4v) is 1.44. The summed E-state index contributed by atoms with van der Waals surface area (Å²) in [5, 5.41) is 0. The van der Waals surface area contributed by atoms with Crippen molar-refractivity contribution in [1.82, 2.24) is 19.9 Å². The monoisotopic (exact) mass is 376 g/mol. The largest absolute Gasteiger partial charge is 2.00 e. The Hall–Kier alpha value is -0.414. The van der Waals surface area contributed by atoms with Crippen molar-refractivity contribution < 1.29 is 30.2 Å². The molecule has 0 aliphatic carbocycles. The number of H-pyrrole nitrogens is 1. The molecule has 0 radical (unpaired) electrons. The number of aromatic amines is 1. The first kappa shape index (κ1) is 22.9. The molecule has 0 saturated carbocycles. The molecule has 0 aliphatic rings. The van der Waals surface area contributed by atoms with Crippen LogP contribution in [-0.4, -0.2) is 43.0 Å². The Morgan fingerprint density at radius 3 is 2.29 bits per heavy atom. The Morgan fingerprint density at radius 2 is 1.81 bits per heavy atom. The maximum absolute atomic E-state index is 12.5. The van der Waals surface area contributed by atoms with E-state index in [4.69, 9.17) is 0 Å². The topological polar surface area (TPSA) is 54.5 Å². The SMILES string of the molecule is CCCc1nc(C(F)(F)F)nc2nc[nH]c12.[Br-].[CH2-]CC.[Mg+2]. The van der Waals surface area contributed by atoms with Crippen LogP contribution in [0, 0.1) is 6.92 Å². The predicted octanol–water partition coefficient (Wildman–Crippen LogP) is 0.178. The minimum absolute atomic E-state index is 0. The zero-order chi connectivity index (χ0) is 14.5. The molecular weight excluding hydrogens is 361 g/mol. The van der Waals surface area contributed by atoms with Crippen LogP contribution in [0.25, 0.3) is 11.2 Å². The van der Waals surface area contributed by atoms with Gasteiger partial charge in [-0.3, -0.25) is 0 Å². The number of aromatic nitrogens is 4. The number of rotatable bonds is 2. The van der Waals surface area contributed by atoms with Crippen LogP contribution in [0.4, 0.5) is 13.2 Å². The van der Waals surface area contributed by atoms with Gasteiger partial charge >= 0.3 is 29.2 Å². The van der Waals surface area contributed by atoms with Gasteiger partial charge in [0.2, 0.25) is 5.82 Å². The molecule has 0 atom stereocenters. The molecule has 0 fully saturated rings. The number of nitrogens with one attached hydrogen (secondary N) is 1. The van der Waals surface area contributed by atoms with Crippen LogP contribution < -0.4 is 17.0 Å². The Kier molecular flexibility index (Phi) is 11.3. The molecule has 4 nitrogen and oxygen atoms in total. The maximum atomic E-state index is 12.5. The van der Waals surface area contributed by atoms with Crippen molar-refractivity contribution in [3.8, 4) is 0 Å². The van der Waals surface area contributed by atoms with Gasteiger partial charge in [0.05, 0.1) is 12.0 Å². The third kappa shape index (κ3) is 6.48. The third-order valence-corrected chi connectivity index (χ3v) is 2.10. The molecule has 0 bridgehead atoms. The van der Waals surface area contributed by atoms with Gasteiger partial charge in [-0.25, -0.2) is 15.0 Å². The summed E-state index contributed by atoms with van der Waals surface area (Å²) in [5.41, 5.74) is 0.901. The molecule has 0 saturated heterocycles. The van der Waals surface area contributed by atoms with E-state index < -0.39 is 12.0 Å². The third-order valence-electron chi connectivity index (χ3n) is 2.10. The van der Waals surface area contributed by atoms with Crippen molar-refractivity contribution in [2.45, 2.75) is 39.3 Å². The summed E-state index contributed by atoms with van der Waals surface area (Å²) in [6, 6.07) is 0. The van der Waals surface area contributed by atoms with E-state index in [0.717, 1.165) is 6.42 Å². The molecule has 0 aliphatic heterocycles. The van der Waals surface area contributed by atoms with Crippen LogP contribution in [0.5, 0.6) is 0 Å². The predicted molar refractivity (Wildman–Crippen MR) is 72.1 cm³/mol. The molecular formula is C12H16BrF3MgN4. The number of hydrogen-bond acceptors (Lipinski definition) is 3. The van der Waals surface area contributed by atoms with Gasteiger partial charge in [-0.15, -0.1) is 0 Å². The van der Waals surface area contributed by atoms with Crippen LogP contribution in [0.3, 0.4) is 0 Å². The number of fused-ring (bicyclic) bond motifs is 1. The second kappa shape index (κ2) is 10.3. The van der Waals surface area contributed by atoms with E-state index in [1.165, 1.54) is 6.33 Å². The van der Waals surface area contributed by atoms with Gasteiger partial charge < -0.3 is 28.9 Å². The number of aryl methyl sites for hydroxylation is 1. The smallest absolute Gasteiger partial charge is 1.00 e. The maximum Gasteiger partial charge on any atom is 2.00 e. The second-order valence-electron chi connectivity index (χ2n) is 3.84. The number of alkyl halides is 3. The summed E-state index contributed by atoms with van der Waals surface area (Å²) in [5.74, 6) is -1.13. The number of hydrogen-bond donors (Lipinski definition) is 1. The van der Waals surface area contributed by atoms with Crippen molar-refractivity contribution in [3.05, 3.63) is 24.8 Å². The molecule has 114 valence electrons. The molecule has 2 aromatic heterocycles. The average molecular weight is 377 g/mol. The van der Waals surface area contributed by atoms with Crippen molar-refractivity contribution in [3.63, 3.8) is 0 Å². The normalized spacial score (nSPS) is 10.2. The number of halogens is 4. The Labute approximate surface area is 148 Å². The zero-order valence-corrected chi connectivity index (χ0v) is 15.0. The van der Waals surface area contributed by atoms with Crippen molar-refractivity contribution >= 4 is 34.2 Å². The molecule has 1 N–H and O–H groups in total. The second-order valence-corrected chi connectivity index (χ2v) is 3.84. The van der Waals surface area contributed by atoms with E-state index in [0.29, 0.717) is 24.1 Å². The minimum Gasteiger partial charge on any atom is -1.00 e. The van der Waals surface area contributed by atoms with Gasteiger partial charge in [0.1, 0.15) is 5.52 Å². The van der Waals surface area contributed by atoms with Crippen molar-refractivity contribution in [1.29, 1.82) is 0 Å². The van der Waals surface area contributed by atoms with E-state index >= 15 is 0 Å². The van der Waals surface area contributed by atoms with Gasteiger partial charge in [-0.2, -0.15) is 19.6 Å². The molecule has 2 rings (SSSR count). The Morgan fingerprint density at radius 1 is 1.24 bits per heavy atom. The average Bonchev–Trinajstić information content (AvgIpc) is 2.77. The summed E-state index contributed by atoms with van der Waals surface area (Å²) >= 11 is 0. The molecule has 2 aromatic rings. The molecule has 9 heteroatoms. The standard InChI is InChI=1S/C9H9F3N4.C3H7.BrH.Mg/c1-2-3-5-6-7(14-4-13-6)16-8(15-5)9(10,11)12;1-3-2;;/h4H,2-3H2,1H3,(H,13,14,15,16);1,3H2,2H3;1H;/q;-1;;+2/p-1. The zero-order valence-electron chi connectivity index (χ0n) is 12.0. The Balaban J connectivity index is 0. The quantitative estimate of drug-likeness (QED) is 0.600. The number of imidazole rings is 1. The summed E-state index contributed by atoms with van der Waals surface area (Å²) < 4.78 is 37.4. The first-order valence-electron chi connectivity index (χ1n) is 6.00. The van der Waals surface area contributed by atoms with Crippen LogP contribution in [0.2, 0.25) is 0 Å². The Bertz CT molecular complexity index is 531. The molecule has 2 heterocycles. The molecule has 0 spiro atoms. The first-order valence-corrected chi connectivity index (χ1v) is 6.00. The van der Waals surface area contributed by atoms with Crippen LogP contribution in [0.1, 0.15) is 38.2 Å². The number of nitrogens with zero attached hydrogens (tertiary/aromatic N) is 3. The van der Waals surface area contributed by atoms with E-state index in [1.54, 1.807) is 0 Å². The molecule has 0 unspecified atom stereocenters. The van der Waals surface area contributed by atoms with E-state index in [1.807, 2.05) is 13.8 Å². The van der Waals surface area contributed by atoms with E-state index in [-0.39, 0.29) is 45.7 Å². The molecule has 0 aromatic carbocycles. The van der Waals surface area contributed by atoms with E-state index in [9.17, 15) is 13.2 Å². The minimum atomic E-state index is -4.53. The van der Waals surface area contributed by atoms with Gasteiger partial charge in [0.15, 0.2) is 5.65 Å². The summed E-state index contributed by atoms with van der Waals surface area (Å²) in [6.07, 6.45) is -1.04. The van der Waals surface area contributed by atoms with Crippen molar-refractivity contribution in [2.75, 3.05) is 0 Å². The van der Waals surface area contributed by atoms with Gasteiger partial charge in [-0.05, 0) is 6.42 Å². The summed E-state index contributed by atoms with van der Waals surface area (Å²) in [7, 11) is 0. The van der Waals surface area contributed by atoms with Crippen LogP contribution >= 0.6 is 0 Å². The van der Waals surface area contributed by atoms with Gasteiger partial charge in [-0.1, -0.05) is 20.3 Å². The fourth-order valence-electron chi connectivity index (χ4n) is 1.44. The van der Waals surface area contributed by atoms with Crippen LogP contribution in [0.15, 0.2) is 6.33 Å². The van der Waals surface area contributed by atoms with Gasteiger partial charge in [0, 0.05) is 0 Å². The fraction of sp³-hybridized carbons (Fsp3) is 0.500. The van der Waals surface area contributed by atoms with Crippen LogP contribution in [-0.2, 0) is 12.6 Å². The summed E-state index contributed by atoms with van der Waals surface area (Å²) in [6.45, 7) is 7.37. The molecule has 21 heavy (non-hydrogen) atoms. The van der Waals surface area contributed by atoms with Crippen molar-refractivity contribution in [2.24, 2.45) is 0 Å². The van der Waals surface area contributed by atoms with Gasteiger partial charge in [0.25, 0.3) is 0 Å². The molecule has 0 amide bonds. The first-order chi connectivity index (χ1) is 8.93.